The number of ether oxygens (including phenoxy) is 1. The number of rotatable bonds is 2. The molecule has 1 amide bonds. The molecule has 0 radical (unpaired) electrons. The Labute approximate surface area is 102 Å². The molecule has 0 atom stereocenters. The van der Waals surface area contributed by atoms with Crippen LogP contribution in [-0.4, -0.2) is 34.9 Å². The zero-order valence-corrected chi connectivity index (χ0v) is 10.6. The predicted molar refractivity (Wildman–Crippen MR) is 65.0 cm³/mol. The number of hydrogen-bond donors (Lipinski definition) is 2. The van der Waals surface area contributed by atoms with E-state index in [4.69, 9.17) is 15.6 Å². The van der Waals surface area contributed by atoms with Crippen LogP contribution in [-0.2, 0) is 4.74 Å². The molecule has 0 spiro atoms. The zero-order valence-electron chi connectivity index (χ0n) is 10.6. The van der Waals surface area contributed by atoms with Gasteiger partial charge in [-0.2, -0.15) is 0 Å². The minimum Gasteiger partial charge on any atom is -0.443 e. The van der Waals surface area contributed by atoms with E-state index in [2.05, 4.69) is 0 Å². The van der Waals surface area contributed by atoms with E-state index in [1.54, 1.807) is 26.8 Å². The molecule has 0 aromatic rings. The highest BCUT2D eigenvalue weighted by molar-refractivity contribution is 5.71. The molecule has 5 heteroatoms. The van der Waals surface area contributed by atoms with Crippen molar-refractivity contribution in [2.45, 2.75) is 32.8 Å². The molecule has 17 heavy (non-hydrogen) atoms. The van der Waals surface area contributed by atoms with Crippen molar-refractivity contribution in [1.29, 1.82) is 0 Å². The Balaban J connectivity index is 2.70. The first-order valence-corrected chi connectivity index (χ1v) is 5.60. The molecule has 1 heterocycles. The summed E-state index contributed by atoms with van der Waals surface area (Å²) in [5, 5.41) is 8.87. The zero-order chi connectivity index (χ0) is 13.1. The van der Waals surface area contributed by atoms with Crippen molar-refractivity contribution in [3.8, 4) is 0 Å². The van der Waals surface area contributed by atoms with Crippen molar-refractivity contribution < 1.29 is 14.6 Å². The quantitative estimate of drug-likeness (QED) is 0.763. The fourth-order valence-corrected chi connectivity index (χ4v) is 1.43. The average molecular weight is 240 g/mol. The van der Waals surface area contributed by atoms with Crippen molar-refractivity contribution in [3.05, 3.63) is 23.5 Å². The molecular weight excluding hydrogens is 220 g/mol. The molecule has 0 saturated heterocycles. The summed E-state index contributed by atoms with van der Waals surface area (Å²) in [4.78, 5) is 13.2. The van der Waals surface area contributed by atoms with Gasteiger partial charge in [0.15, 0.2) is 0 Å². The van der Waals surface area contributed by atoms with E-state index in [-0.39, 0.29) is 6.61 Å². The maximum atomic E-state index is 11.9. The standard InChI is InChI=1S/C12H20N2O3/c1-12(2,3)17-11(16)14-8-9(6-7-15)4-5-10(14)13/h4-5,15H,6-8,13H2,1-3H3. The molecule has 1 aliphatic rings. The number of allylic oxidation sites excluding steroid dienone is 2. The van der Waals surface area contributed by atoms with Gasteiger partial charge in [-0.25, -0.2) is 4.79 Å². The summed E-state index contributed by atoms with van der Waals surface area (Å²) in [6, 6.07) is 0. The molecule has 3 N–H and O–H groups in total. The smallest absolute Gasteiger partial charge is 0.416 e. The van der Waals surface area contributed by atoms with E-state index in [9.17, 15) is 4.79 Å². The third kappa shape index (κ3) is 4.11. The summed E-state index contributed by atoms with van der Waals surface area (Å²) in [5.74, 6) is 0.362. The van der Waals surface area contributed by atoms with Crippen LogP contribution >= 0.6 is 0 Å². The van der Waals surface area contributed by atoms with Crippen molar-refractivity contribution in [2.24, 2.45) is 5.73 Å². The second-order valence-electron chi connectivity index (χ2n) is 4.96. The molecule has 0 bridgehead atoms. The number of amides is 1. The Bertz CT molecular complexity index is 353. The van der Waals surface area contributed by atoms with E-state index >= 15 is 0 Å². The van der Waals surface area contributed by atoms with Crippen LogP contribution in [0.4, 0.5) is 4.79 Å². The van der Waals surface area contributed by atoms with Crippen LogP contribution < -0.4 is 5.73 Å². The molecule has 1 rings (SSSR count). The lowest BCUT2D eigenvalue weighted by molar-refractivity contribution is 0.0321. The van der Waals surface area contributed by atoms with Crippen LogP contribution in [0.3, 0.4) is 0 Å². The first-order valence-electron chi connectivity index (χ1n) is 5.60. The highest BCUT2D eigenvalue weighted by Crippen LogP contribution is 2.17. The van der Waals surface area contributed by atoms with E-state index < -0.39 is 11.7 Å². The summed E-state index contributed by atoms with van der Waals surface area (Å²) in [7, 11) is 0. The largest absolute Gasteiger partial charge is 0.443 e. The third-order valence-electron chi connectivity index (χ3n) is 2.21. The predicted octanol–water partition coefficient (Wildman–Crippen LogP) is 1.35. The highest BCUT2D eigenvalue weighted by Gasteiger charge is 2.25. The van der Waals surface area contributed by atoms with Gasteiger partial charge in [-0.15, -0.1) is 0 Å². The first-order chi connectivity index (χ1) is 7.83. The summed E-state index contributed by atoms with van der Waals surface area (Å²) >= 11 is 0. The van der Waals surface area contributed by atoms with Gasteiger partial charge in [-0.05, 0) is 38.8 Å². The Morgan fingerprint density at radius 1 is 1.53 bits per heavy atom. The number of aliphatic hydroxyl groups is 1. The number of carbonyl (C=O) groups is 1. The lowest BCUT2D eigenvalue weighted by Gasteiger charge is -2.29. The number of nitrogens with zero attached hydrogens (tertiary/aromatic N) is 1. The van der Waals surface area contributed by atoms with Gasteiger partial charge in [-0.1, -0.05) is 6.08 Å². The van der Waals surface area contributed by atoms with Crippen molar-refractivity contribution in [2.75, 3.05) is 13.2 Å². The minimum atomic E-state index is -0.546. The second-order valence-corrected chi connectivity index (χ2v) is 4.96. The lowest BCUT2D eigenvalue weighted by Crippen LogP contribution is -2.40. The normalized spacial score (nSPS) is 16.4. The van der Waals surface area contributed by atoms with Crippen LogP contribution in [0.25, 0.3) is 0 Å². The van der Waals surface area contributed by atoms with Gasteiger partial charge in [0.2, 0.25) is 0 Å². The van der Waals surface area contributed by atoms with Crippen LogP contribution in [0.5, 0.6) is 0 Å². The molecule has 0 saturated carbocycles. The van der Waals surface area contributed by atoms with Crippen molar-refractivity contribution >= 4 is 6.09 Å². The van der Waals surface area contributed by atoms with E-state index in [0.717, 1.165) is 5.57 Å². The molecule has 0 aliphatic carbocycles. The number of carbonyl (C=O) groups excluding carboxylic acids is 1. The summed E-state index contributed by atoms with van der Waals surface area (Å²) in [6.45, 7) is 5.84. The maximum Gasteiger partial charge on any atom is 0.416 e. The molecule has 0 fully saturated rings. The average Bonchev–Trinajstić information content (AvgIpc) is 2.18. The van der Waals surface area contributed by atoms with Crippen molar-refractivity contribution in [1.82, 2.24) is 4.90 Å². The second kappa shape index (κ2) is 5.23. The monoisotopic (exact) mass is 240 g/mol. The fraction of sp³-hybridized carbons (Fsp3) is 0.583. The molecule has 0 aromatic carbocycles. The number of hydrogen-bond acceptors (Lipinski definition) is 4. The van der Waals surface area contributed by atoms with Gasteiger partial charge < -0.3 is 15.6 Å². The SMILES string of the molecule is CC(C)(C)OC(=O)N1CC(CCO)=CC=C1N. The topological polar surface area (TPSA) is 75.8 Å². The maximum absolute atomic E-state index is 11.9. The van der Waals surface area contributed by atoms with Crippen LogP contribution in [0.1, 0.15) is 27.2 Å². The third-order valence-corrected chi connectivity index (χ3v) is 2.21. The van der Waals surface area contributed by atoms with Gasteiger partial charge in [-0.3, -0.25) is 4.90 Å². The van der Waals surface area contributed by atoms with Crippen LogP contribution in [0.2, 0.25) is 0 Å². The molecular formula is C12H20N2O3. The van der Waals surface area contributed by atoms with Gasteiger partial charge in [0.05, 0.1) is 6.54 Å². The van der Waals surface area contributed by atoms with Gasteiger partial charge in [0.25, 0.3) is 0 Å². The van der Waals surface area contributed by atoms with E-state index in [1.807, 2.05) is 6.08 Å². The minimum absolute atomic E-state index is 0.0573. The van der Waals surface area contributed by atoms with Gasteiger partial charge in [0.1, 0.15) is 11.4 Å². The Morgan fingerprint density at radius 2 is 2.18 bits per heavy atom. The Kier molecular flexibility index (Phi) is 4.17. The summed E-state index contributed by atoms with van der Waals surface area (Å²) in [6.07, 6.45) is 3.54. The van der Waals surface area contributed by atoms with Crippen LogP contribution in [0.15, 0.2) is 23.5 Å². The Hall–Kier alpha value is -1.49. The van der Waals surface area contributed by atoms with Crippen molar-refractivity contribution in [3.63, 3.8) is 0 Å². The number of nitrogens with two attached hydrogens (primary N) is 1. The summed E-state index contributed by atoms with van der Waals surface area (Å²) < 4.78 is 5.25. The number of aliphatic hydroxyl groups excluding tert-OH is 1. The molecule has 0 unspecified atom stereocenters. The van der Waals surface area contributed by atoms with Crippen LogP contribution in [0, 0.1) is 0 Å². The van der Waals surface area contributed by atoms with Gasteiger partial charge in [0, 0.05) is 6.61 Å². The lowest BCUT2D eigenvalue weighted by atomic mass is 10.1. The summed E-state index contributed by atoms with van der Waals surface area (Å²) in [5.41, 5.74) is 6.14. The highest BCUT2D eigenvalue weighted by atomic mass is 16.6. The fourth-order valence-electron chi connectivity index (χ4n) is 1.43. The molecule has 96 valence electrons. The van der Waals surface area contributed by atoms with Gasteiger partial charge >= 0.3 is 6.09 Å². The van der Waals surface area contributed by atoms with E-state index in [1.165, 1.54) is 4.90 Å². The Morgan fingerprint density at radius 3 is 2.71 bits per heavy atom. The first kappa shape index (κ1) is 13.6. The molecule has 5 nitrogen and oxygen atoms in total. The molecule has 1 aliphatic heterocycles. The van der Waals surface area contributed by atoms with E-state index in [0.29, 0.717) is 18.8 Å². The molecule has 0 aromatic heterocycles.